The fraction of sp³-hybridized carbons (Fsp3) is 0.167. The largest absolute Gasteiger partial charge is 0.330 e. The van der Waals surface area contributed by atoms with Crippen LogP contribution in [0.1, 0.15) is 16.1 Å². The topological polar surface area (TPSA) is 60.9 Å². The summed E-state index contributed by atoms with van der Waals surface area (Å²) < 4.78 is 2.41. The third-order valence-corrected chi connectivity index (χ3v) is 2.90. The molecule has 0 aliphatic rings. The minimum atomic E-state index is -0.0905. The summed E-state index contributed by atoms with van der Waals surface area (Å²) >= 11 is 3.35. The highest BCUT2D eigenvalue weighted by Crippen LogP contribution is 2.13. The van der Waals surface area contributed by atoms with Gasteiger partial charge in [0.1, 0.15) is 6.33 Å². The van der Waals surface area contributed by atoms with Crippen molar-refractivity contribution < 1.29 is 4.79 Å². The molecule has 17 heavy (non-hydrogen) atoms. The number of carbonyl (C=O) groups is 1. The molecule has 0 aliphatic heterocycles. The zero-order chi connectivity index (χ0) is 12.3. The Bertz CT molecular complexity index is 536. The predicted octanol–water partition coefficient (Wildman–Crippen LogP) is 1.84. The average Bonchev–Trinajstić information content (AvgIpc) is 2.77. The van der Waals surface area contributed by atoms with Crippen LogP contribution in [0.15, 0.2) is 41.3 Å². The molecule has 0 fully saturated rings. The molecule has 2 N–H and O–H groups in total. The van der Waals surface area contributed by atoms with Crippen LogP contribution in [0.2, 0.25) is 0 Å². The van der Waals surface area contributed by atoms with Crippen molar-refractivity contribution in [3.8, 4) is 0 Å². The number of carbonyl (C=O) groups excluding carboxylic acids is 1. The highest BCUT2D eigenvalue weighted by atomic mass is 79.9. The molecule has 0 aliphatic carbocycles. The van der Waals surface area contributed by atoms with Gasteiger partial charge in [-0.25, -0.2) is 4.98 Å². The first-order valence-electron chi connectivity index (χ1n) is 5.24. The normalized spacial score (nSPS) is 10.5. The van der Waals surface area contributed by atoms with E-state index in [-0.39, 0.29) is 5.91 Å². The third-order valence-electron chi connectivity index (χ3n) is 2.41. The predicted molar refractivity (Wildman–Crippen MR) is 68.9 cm³/mol. The molecule has 2 aromatic rings. The number of hydrogen-bond acceptors (Lipinski definition) is 3. The first kappa shape index (κ1) is 12.0. The fourth-order valence-electron chi connectivity index (χ4n) is 1.60. The van der Waals surface area contributed by atoms with E-state index < -0.39 is 0 Å². The average molecular weight is 294 g/mol. The molecule has 0 unspecified atom stereocenters. The quantitative estimate of drug-likeness (QED) is 0.939. The fourth-order valence-corrected chi connectivity index (χ4v) is 2.00. The van der Waals surface area contributed by atoms with Crippen LogP contribution in [-0.2, 0) is 6.42 Å². The van der Waals surface area contributed by atoms with Crippen LogP contribution in [-0.4, -0.2) is 22.0 Å². The summed E-state index contributed by atoms with van der Waals surface area (Å²) in [5.41, 5.74) is 6.94. The molecule has 5 heteroatoms. The minimum Gasteiger partial charge on any atom is -0.330 e. The van der Waals surface area contributed by atoms with Crippen LogP contribution in [0.4, 0.5) is 0 Å². The zero-order valence-electron chi connectivity index (χ0n) is 9.14. The van der Waals surface area contributed by atoms with Crippen molar-refractivity contribution in [2.24, 2.45) is 5.73 Å². The second-order valence-corrected chi connectivity index (χ2v) is 4.52. The lowest BCUT2D eigenvalue weighted by atomic mass is 10.2. The summed E-state index contributed by atoms with van der Waals surface area (Å²) in [4.78, 5) is 16.2. The van der Waals surface area contributed by atoms with Gasteiger partial charge in [0.25, 0.3) is 5.91 Å². The van der Waals surface area contributed by atoms with Crippen molar-refractivity contribution >= 4 is 21.8 Å². The van der Waals surface area contributed by atoms with E-state index in [1.165, 1.54) is 10.9 Å². The van der Waals surface area contributed by atoms with Gasteiger partial charge in [0.15, 0.2) is 0 Å². The molecule has 0 amide bonds. The first-order chi connectivity index (χ1) is 8.22. The molecule has 0 atom stereocenters. The highest BCUT2D eigenvalue weighted by molar-refractivity contribution is 9.10. The lowest BCUT2D eigenvalue weighted by Crippen LogP contribution is -2.16. The summed E-state index contributed by atoms with van der Waals surface area (Å²) in [6.07, 6.45) is 3.83. The van der Waals surface area contributed by atoms with E-state index in [4.69, 9.17) is 5.73 Å². The standard InChI is InChI=1S/C12H12BrN3O/c13-10-3-1-2-9(6-10)12(17)16-8-15-7-11(16)4-5-14/h1-3,6-8H,4-5,14H2. The van der Waals surface area contributed by atoms with Gasteiger partial charge in [-0.05, 0) is 24.7 Å². The van der Waals surface area contributed by atoms with Crippen molar-refractivity contribution in [2.75, 3.05) is 6.54 Å². The summed E-state index contributed by atoms with van der Waals surface area (Å²) in [6.45, 7) is 0.497. The minimum absolute atomic E-state index is 0.0905. The number of halogens is 1. The number of rotatable bonds is 3. The molecular formula is C12H12BrN3O. The van der Waals surface area contributed by atoms with E-state index >= 15 is 0 Å². The zero-order valence-corrected chi connectivity index (χ0v) is 10.7. The second kappa shape index (κ2) is 5.25. The molecule has 4 nitrogen and oxygen atoms in total. The van der Waals surface area contributed by atoms with Crippen LogP contribution in [0.5, 0.6) is 0 Å². The number of nitrogens with zero attached hydrogens (tertiary/aromatic N) is 2. The van der Waals surface area contributed by atoms with Gasteiger partial charge in [0.05, 0.1) is 0 Å². The van der Waals surface area contributed by atoms with Crippen molar-refractivity contribution in [1.29, 1.82) is 0 Å². The van der Waals surface area contributed by atoms with E-state index in [1.807, 2.05) is 12.1 Å². The molecule has 1 heterocycles. The van der Waals surface area contributed by atoms with E-state index in [2.05, 4.69) is 20.9 Å². The Morgan fingerprint density at radius 1 is 1.47 bits per heavy atom. The van der Waals surface area contributed by atoms with Crippen LogP contribution in [0, 0.1) is 0 Å². The van der Waals surface area contributed by atoms with Crippen LogP contribution in [0.25, 0.3) is 0 Å². The van der Waals surface area contributed by atoms with Gasteiger partial charge in [-0.15, -0.1) is 0 Å². The molecule has 88 valence electrons. The van der Waals surface area contributed by atoms with Crippen molar-refractivity contribution in [3.63, 3.8) is 0 Å². The molecule has 0 saturated heterocycles. The maximum absolute atomic E-state index is 12.2. The first-order valence-corrected chi connectivity index (χ1v) is 6.03. The van der Waals surface area contributed by atoms with Gasteiger partial charge >= 0.3 is 0 Å². The van der Waals surface area contributed by atoms with E-state index in [0.717, 1.165) is 10.2 Å². The molecule has 1 aromatic heterocycles. The Balaban J connectivity index is 2.33. The molecule has 1 aromatic carbocycles. The Morgan fingerprint density at radius 3 is 3.00 bits per heavy atom. The van der Waals surface area contributed by atoms with Gasteiger partial charge < -0.3 is 5.73 Å². The molecule has 0 saturated carbocycles. The Morgan fingerprint density at radius 2 is 2.29 bits per heavy atom. The maximum Gasteiger partial charge on any atom is 0.263 e. The maximum atomic E-state index is 12.2. The number of aromatic nitrogens is 2. The molecule has 2 rings (SSSR count). The number of hydrogen-bond donors (Lipinski definition) is 1. The van der Waals surface area contributed by atoms with Crippen LogP contribution >= 0.6 is 15.9 Å². The van der Waals surface area contributed by atoms with Crippen molar-refractivity contribution in [2.45, 2.75) is 6.42 Å². The van der Waals surface area contributed by atoms with E-state index in [1.54, 1.807) is 18.3 Å². The van der Waals surface area contributed by atoms with E-state index in [9.17, 15) is 4.79 Å². The SMILES string of the molecule is NCCc1cncn1C(=O)c1cccc(Br)c1. The Labute approximate surface area is 108 Å². The van der Waals surface area contributed by atoms with Crippen molar-refractivity contribution in [3.05, 3.63) is 52.5 Å². The Kier molecular flexibility index (Phi) is 3.71. The monoisotopic (exact) mass is 293 g/mol. The number of nitrogens with two attached hydrogens (primary N) is 1. The second-order valence-electron chi connectivity index (χ2n) is 3.61. The van der Waals surface area contributed by atoms with Gasteiger partial charge in [-0.1, -0.05) is 22.0 Å². The molecule has 0 radical (unpaired) electrons. The van der Waals surface area contributed by atoms with Crippen LogP contribution in [0.3, 0.4) is 0 Å². The highest BCUT2D eigenvalue weighted by Gasteiger charge is 2.12. The van der Waals surface area contributed by atoms with Crippen LogP contribution < -0.4 is 5.73 Å². The summed E-state index contributed by atoms with van der Waals surface area (Å²) in [5, 5.41) is 0. The van der Waals surface area contributed by atoms with Crippen molar-refractivity contribution in [1.82, 2.24) is 9.55 Å². The lowest BCUT2D eigenvalue weighted by Gasteiger charge is -2.06. The van der Waals surface area contributed by atoms with Gasteiger partial charge in [0, 0.05) is 28.3 Å². The van der Waals surface area contributed by atoms with Gasteiger partial charge in [-0.2, -0.15) is 0 Å². The molecular weight excluding hydrogens is 282 g/mol. The third kappa shape index (κ3) is 2.62. The van der Waals surface area contributed by atoms with Gasteiger partial charge in [0.2, 0.25) is 0 Å². The molecule has 0 spiro atoms. The number of imidazole rings is 1. The summed E-state index contributed by atoms with van der Waals surface area (Å²) in [7, 11) is 0. The molecule has 0 bridgehead atoms. The smallest absolute Gasteiger partial charge is 0.263 e. The summed E-state index contributed by atoms with van der Waals surface area (Å²) in [5.74, 6) is -0.0905. The number of benzene rings is 1. The Hall–Kier alpha value is -1.46. The van der Waals surface area contributed by atoms with E-state index in [0.29, 0.717) is 18.5 Å². The summed E-state index contributed by atoms with van der Waals surface area (Å²) in [6, 6.07) is 7.27. The van der Waals surface area contributed by atoms with Gasteiger partial charge in [-0.3, -0.25) is 9.36 Å². The lowest BCUT2D eigenvalue weighted by molar-refractivity contribution is 0.0957.